The molecule has 6 atom stereocenters. The largest absolute Gasteiger partial charge is 0.504 e. The van der Waals surface area contributed by atoms with Gasteiger partial charge in [-0.05, 0) is 18.1 Å². The molecule has 7 nitrogen and oxygen atoms in total. The number of aliphatic hydroxyl groups excluding tert-OH is 3. The fraction of sp³-hybridized carbons (Fsp3) is 0.625. The average Bonchev–Trinajstić information content (AvgIpc) is 2.53. The average molecular weight is 325 g/mol. The SMILES string of the molecule is NCC1OC(C2CC(O)C(O)CC2O)Cc2c1ccc(O)c2O. The van der Waals surface area contributed by atoms with Crippen LogP contribution in [-0.4, -0.2) is 56.5 Å². The van der Waals surface area contributed by atoms with E-state index in [4.69, 9.17) is 10.5 Å². The summed E-state index contributed by atoms with van der Waals surface area (Å²) in [5.41, 5.74) is 7.05. The van der Waals surface area contributed by atoms with Crippen LogP contribution in [0.15, 0.2) is 12.1 Å². The van der Waals surface area contributed by atoms with Crippen molar-refractivity contribution in [2.24, 2.45) is 11.7 Å². The number of ether oxygens (including phenoxy) is 1. The van der Waals surface area contributed by atoms with Gasteiger partial charge in [0.25, 0.3) is 0 Å². The second kappa shape index (κ2) is 6.26. The van der Waals surface area contributed by atoms with Crippen LogP contribution in [-0.2, 0) is 11.2 Å². The maximum atomic E-state index is 10.2. The Bertz CT molecular complexity index is 580. The van der Waals surface area contributed by atoms with Crippen molar-refractivity contribution >= 4 is 0 Å². The third kappa shape index (κ3) is 2.90. The lowest BCUT2D eigenvalue weighted by Crippen LogP contribution is -2.49. The third-order valence-electron chi connectivity index (χ3n) is 5.02. The monoisotopic (exact) mass is 325 g/mol. The van der Waals surface area contributed by atoms with Gasteiger partial charge in [0.2, 0.25) is 0 Å². The zero-order valence-electron chi connectivity index (χ0n) is 12.7. The number of aliphatic hydroxyl groups is 3. The Hall–Kier alpha value is -1.38. The van der Waals surface area contributed by atoms with Crippen LogP contribution in [0.5, 0.6) is 11.5 Å². The first-order valence-electron chi connectivity index (χ1n) is 7.85. The van der Waals surface area contributed by atoms with Crippen molar-refractivity contribution in [2.45, 2.75) is 49.8 Å². The molecular formula is C16H23NO6. The van der Waals surface area contributed by atoms with Crippen molar-refractivity contribution in [3.8, 4) is 11.5 Å². The summed E-state index contributed by atoms with van der Waals surface area (Å²) in [4.78, 5) is 0. The van der Waals surface area contributed by atoms with Crippen LogP contribution in [0.2, 0.25) is 0 Å². The number of benzene rings is 1. The number of fused-ring (bicyclic) bond motifs is 1. The molecule has 1 fully saturated rings. The predicted octanol–water partition coefficient (Wildman–Crippen LogP) is -0.468. The van der Waals surface area contributed by atoms with Crippen LogP contribution in [0.1, 0.15) is 30.1 Å². The van der Waals surface area contributed by atoms with Crippen LogP contribution in [0, 0.1) is 5.92 Å². The minimum Gasteiger partial charge on any atom is -0.504 e. The van der Waals surface area contributed by atoms with Crippen molar-refractivity contribution in [2.75, 3.05) is 6.54 Å². The number of phenolic OH excluding ortho intramolecular Hbond substituents is 2. The Balaban J connectivity index is 1.90. The van der Waals surface area contributed by atoms with Crippen LogP contribution in [0.3, 0.4) is 0 Å². The van der Waals surface area contributed by atoms with Crippen LogP contribution >= 0.6 is 0 Å². The zero-order valence-corrected chi connectivity index (χ0v) is 12.7. The molecule has 0 aromatic heterocycles. The molecule has 0 spiro atoms. The maximum absolute atomic E-state index is 10.2. The standard InChI is InChI=1S/C16H23NO6/c17-6-15-7-1-2-10(18)16(22)8(7)4-14(23-15)9-3-12(20)13(21)5-11(9)19/h1-2,9,11-15,18-22H,3-6,17H2. The summed E-state index contributed by atoms with van der Waals surface area (Å²) in [5.74, 6) is -0.780. The molecule has 1 aromatic carbocycles. The second-order valence-electron chi connectivity index (χ2n) is 6.44. The minimum atomic E-state index is -0.945. The Labute approximate surface area is 133 Å². The maximum Gasteiger partial charge on any atom is 0.161 e. The van der Waals surface area contributed by atoms with Crippen molar-refractivity contribution in [3.63, 3.8) is 0 Å². The lowest BCUT2D eigenvalue weighted by Gasteiger charge is -2.42. The molecule has 2 aliphatic rings. The first kappa shape index (κ1) is 16.5. The van der Waals surface area contributed by atoms with Gasteiger partial charge in [-0.3, -0.25) is 0 Å². The van der Waals surface area contributed by atoms with E-state index in [-0.39, 0.29) is 36.8 Å². The number of hydrogen-bond donors (Lipinski definition) is 6. The number of aromatic hydroxyl groups is 2. The number of hydrogen-bond acceptors (Lipinski definition) is 7. The smallest absolute Gasteiger partial charge is 0.161 e. The van der Waals surface area contributed by atoms with E-state index >= 15 is 0 Å². The van der Waals surface area contributed by atoms with Crippen LogP contribution < -0.4 is 5.73 Å². The highest BCUT2D eigenvalue weighted by Gasteiger charge is 2.42. The fourth-order valence-corrected chi connectivity index (χ4v) is 3.70. The van der Waals surface area contributed by atoms with Crippen molar-refractivity contribution in [3.05, 3.63) is 23.3 Å². The van der Waals surface area contributed by atoms with Gasteiger partial charge in [0, 0.05) is 30.9 Å². The molecular weight excluding hydrogens is 302 g/mol. The highest BCUT2D eigenvalue weighted by molar-refractivity contribution is 5.51. The molecule has 1 aliphatic heterocycles. The number of phenols is 2. The molecule has 3 rings (SSSR count). The lowest BCUT2D eigenvalue weighted by atomic mass is 9.76. The van der Waals surface area contributed by atoms with E-state index in [1.807, 2.05) is 0 Å². The van der Waals surface area contributed by atoms with Gasteiger partial charge in [0.05, 0.1) is 30.5 Å². The van der Waals surface area contributed by atoms with Gasteiger partial charge in [-0.25, -0.2) is 0 Å². The summed E-state index contributed by atoms with van der Waals surface area (Å²) in [5, 5.41) is 49.6. The predicted molar refractivity (Wildman–Crippen MR) is 80.9 cm³/mol. The van der Waals surface area contributed by atoms with Crippen molar-refractivity contribution in [1.29, 1.82) is 0 Å². The van der Waals surface area contributed by atoms with Gasteiger partial charge in [0.15, 0.2) is 11.5 Å². The first-order chi connectivity index (χ1) is 10.9. The molecule has 7 heteroatoms. The van der Waals surface area contributed by atoms with Gasteiger partial charge in [-0.2, -0.15) is 0 Å². The highest BCUT2D eigenvalue weighted by Crippen LogP contribution is 2.43. The Morgan fingerprint density at radius 3 is 2.43 bits per heavy atom. The molecule has 6 unspecified atom stereocenters. The molecule has 1 aliphatic carbocycles. The summed E-state index contributed by atoms with van der Waals surface area (Å²) >= 11 is 0. The Kier molecular flexibility index (Phi) is 4.48. The number of rotatable bonds is 2. The molecule has 0 saturated heterocycles. The van der Waals surface area contributed by atoms with E-state index in [0.717, 1.165) is 5.56 Å². The van der Waals surface area contributed by atoms with Gasteiger partial charge in [-0.1, -0.05) is 6.07 Å². The van der Waals surface area contributed by atoms with Crippen molar-refractivity contribution in [1.82, 2.24) is 0 Å². The lowest BCUT2D eigenvalue weighted by molar-refractivity contribution is -0.136. The van der Waals surface area contributed by atoms with Gasteiger partial charge >= 0.3 is 0 Å². The summed E-state index contributed by atoms with van der Waals surface area (Å²) < 4.78 is 5.98. The third-order valence-corrected chi connectivity index (χ3v) is 5.02. The Morgan fingerprint density at radius 1 is 1.04 bits per heavy atom. The molecule has 128 valence electrons. The summed E-state index contributed by atoms with van der Waals surface area (Å²) in [6.45, 7) is 0.196. The molecule has 1 aromatic rings. The van der Waals surface area contributed by atoms with Gasteiger partial charge < -0.3 is 36.0 Å². The quantitative estimate of drug-likeness (QED) is 0.405. The molecule has 23 heavy (non-hydrogen) atoms. The molecule has 1 saturated carbocycles. The van der Waals surface area contributed by atoms with Crippen LogP contribution in [0.4, 0.5) is 0 Å². The molecule has 0 radical (unpaired) electrons. The highest BCUT2D eigenvalue weighted by atomic mass is 16.5. The summed E-state index contributed by atoms with van der Waals surface area (Å²) in [6.07, 6.45) is -2.99. The van der Waals surface area contributed by atoms with E-state index in [1.54, 1.807) is 6.07 Å². The van der Waals surface area contributed by atoms with Gasteiger partial charge in [0.1, 0.15) is 0 Å². The van der Waals surface area contributed by atoms with E-state index in [9.17, 15) is 25.5 Å². The van der Waals surface area contributed by atoms with Crippen molar-refractivity contribution < 1.29 is 30.3 Å². The molecule has 7 N–H and O–H groups in total. The van der Waals surface area contributed by atoms with E-state index in [1.165, 1.54) is 6.07 Å². The topological polar surface area (TPSA) is 136 Å². The zero-order chi connectivity index (χ0) is 16.7. The minimum absolute atomic E-state index is 0.0812. The fourth-order valence-electron chi connectivity index (χ4n) is 3.70. The number of nitrogens with two attached hydrogens (primary N) is 1. The first-order valence-corrected chi connectivity index (χ1v) is 7.85. The summed E-state index contributed by atoms with van der Waals surface area (Å²) in [6, 6.07) is 3.07. The molecule has 0 amide bonds. The van der Waals surface area contributed by atoms with Gasteiger partial charge in [-0.15, -0.1) is 0 Å². The molecule has 1 heterocycles. The van der Waals surface area contributed by atoms with E-state index < -0.39 is 30.5 Å². The summed E-state index contributed by atoms with van der Waals surface area (Å²) in [7, 11) is 0. The normalized spacial score (nSPS) is 37.4. The molecule has 0 bridgehead atoms. The Morgan fingerprint density at radius 2 is 1.74 bits per heavy atom. The van der Waals surface area contributed by atoms with E-state index in [0.29, 0.717) is 12.0 Å². The second-order valence-corrected chi connectivity index (χ2v) is 6.44. The van der Waals surface area contributed by atoms with Crippen LogP contribution in [0.25, 0.3) is 0 Å². The van der Waals surface area contributed by atoms with E-state index in [2.05, 4.69) is 0 Å².